The Labute approximate surface area is 76.8 Å². The summed E-state index contributed by atoms with van der Waals surface area (Å²) in [6.07, 6.45) is 0. The van der Waals surface area contributed by atoms with Crippen LogP contribution in [0.15, 0.2) is 11.1 Å². The predicted molar refractivity (Wildman–Crippen MR) is 46.8 cm³/mol. The van der Waals surface area contributed by atoms with Gasteiger partial charge in [-0.05, 0) is 20.8 Å². The lowest BCUT2D eigenvalue weighted by Crippen LogP contribution is -2.41. The summed E-state index contributed by atoms with van der Waals surface area (Å²) in [5, 5.41) is 8.84. The van der Waals surface area contributed by atoms with Crippen LogP contribution in [0.5, 0.6) is 0 Å². The van der Waals surface area contributed by atoms with E-state index in [0.29, 0.717) is 11.1 Å². The van der Waals surface area contributed by atoms with Crippen molar-refractivity contribution in [2.45, 2.75) is 26.8 Å². The van der Waals surface area contributed by atoms with E-state index in [-0.39, 0.29) is 18.4 Å². The Kier molecular flexibility index (Phi) is 2.52. The highest BCUT2D eigenvalue weighted by Gasteiger charge is 2.35. The minimum atomic E-state index is -0.438. The lowest BCUT2D eigenvalue weighted by Gasteiger charge is -2.20. The van der Waals surface area contributed by atoms with E-state index in [9.17, 15) is 9.59 Å². The van der Waals surface area contributed by atoms with Crippen molar-refractivity contribution in [1.29, 1.82) is 0 Å². The van der Waals surface area contributed by atoms with Crippen LogP contribution in [-0.2, 0) is 9.59 Å². The van der Waals surface area contributed by atoms with Gasteiger partial charge in [0.2, 0.25) is 0 Å². The van der Waals surface area contributed by atoms with Crippen molar-refractivity contribution in [3.8, 4) is 0 Å². The zero-order valence-electron chi connectivity index (χ0n) is 8.00. The number of hydrogen-bond donors (Lipinski definition) is 1. The van der Waals surface area contributed by atoms with Crippen LogP contribution in [0.25, 0.3) is 0 Å². The summed E-state index contributed by atoms with van der Waals surface area (Å²) in [7, 11) is 0. The molecule has 1 aliphatic rings. The highest BCUT2D eigenvalue weighted by Crippen LogP contribution is 2.21. The molecule has 0 bridgehead atoms. The number of imide groups is 1. The van der Waals surface area contributed by atoms with E-state index in [4.69, 9.17) is 5.11 Å². The largest absolute Gasteiger partial charge is 0.394 e. The van der Waals surface area contributed by atoms with Gasteiger partial charge >= 0.3 is 0 Å². The SMILES string of the molecule is CC1=C(C)C(=O)N(C(C)CO)C1=O. The summed E-state index contributed by atoms with van der Waals surface area (Å²) in [5.74, 6) is -0.576. The monoisotopic (exact) mass is 183 g/mol. The molecule has 0 aliphatic carbocycles. The minimum absolute atomic E-state index is 0.196. The normalized spacial score (nSPS) is 20.2. The highest BCUT2D eigenvalue weighted by molar-refractivity contribution is 6.18. The zero-order valence-corrected chi connectivity index (χ0v) is 8.00. The molecule has 0 spiro atoms. The van der Waals surface area contributed by atoms with Gasteiger partial charge in [-0.15, -0.1) is 0 Å². The zero-order chi connectivity index (χ0) is 10.2. The quantitative estimate of drug-likeness (QED) is 0.616. The maximum absolute atomic E-state index is 11.5. The predicted octanol–water partition coefficient (Wildman–Crippen LogP) is 0.0724. The maximum Gasteiger partial charge on any atom is 0.257 e. The number of carbonyl (C=O) groups is 2. The van der Waals surface area contributed by atoms with Gasteiger partial charge < -0.3 is 5.11 Å². The molecule has 0 aromatic carbocycles. The molecular formula is C9H13NO3. The van der Waals surface area contributed by atoms with Gasteiger partial charge in [-0.3, -0.25) is 14.5 Å². The van der Waals surface area contributed by atoms with Gasteiger partial charge in [0.05, 0.1) is 12.6 Å². The van der Waals surface area contributed by atoms with Gasteiger partial charge in [0, 0.05) is 11.1 Å². The van der Waals surface area contributed by atoms with E-state index in [0.717, 1.165) is 4.90 Å². The lowest BCUT2D eigenvalue weighted by molar-refractivity contribution is -0.140. The minimum Gasteiger partial charge on any atom is -0.394 e. The van der Waals surface area contributed by atoms with E-state index in [1.807, 2.05) is 0 Å². The Morgan fingerprint density at radius 1 is 1.23 bits per heavy atom. The molecule has 0 saturated heterocycles. The number of aliphatic hydroxyl groups is 1. The van der Waals surface area contributed by atoms with Crippen LogP contribution < -0.4 is 0 Å². The Morgan fingerprint density at radius 2 is 1.62 bits per heavy atom. The molecule has 0 saturated carbocycles. The van der Waals surface area contributed by atoms with E-state index in [1.165, 1.54) is 0 Å². The third-order valence-corrected chi connectivity index (χ3v) is 2.35. The van der Waals surface area contributed by atoms with Crippen LogP contribution in [-0.4, -0.2) is 34.5 Å². The fourth-order valence-electron chi connectivity index (χ4n) is 1.26. The number of nitrogens with zero attached hydrogens (tertiary/aromatic N) is 1. The number of rotatable bonds is 2. The molecule has 4 nitrogen and oxygen atoms in total. The highest BCUT2D eigenvalue weighted by atomic mass is 16.3. The van der Waals surface area contributed by atoms with Crippen molar-refractivity contribution in [3.05, 3.63) is 11.1 Å². The van der Waals surface area contributed by atoms with Crippen molar-refractivity contribution in [1.82, 2.24) is 4.90 Å². The first-order valence-corrected chi connectivity index (χ1v) is 4.17. The summed E-state index contributed by atoms with van der Waals surface area (Å²) in [5.41, 5.74) is 0.954. The molecular weight excluding hydrogens is 170 g/mol. The molecule has 2 amide bonds. The number of carbonyl (C=O) groups excluding carboxylic acids is 2. The van der Waals surface area contributed by atoms with Crippen molar-refractivity contribution in [3.63, 3.8) is 0 Å². The van der Waals surface area contributed by atoms with E-state index < -0.39 is 6.04 Å². The molecule has 1 unspecified atom stereocenters. The van der Waals surface area contributed by atoms with Crippen LogP contribution in [0, 0.1) is 0 Å². The van der Waals surface area contributed by atoms with Crippen molar-refractivity contribution in [2.24, 2.45) is 0 Å². The fourth-order valence-corrected chi connectivity index (χ4v) is 1.26. The number of hydrogen-bond acceptors (Lipinski definition) is 3. The first-order valence-electron chi connectivity index (χ1n) is 4.17. The van der Waals surface area contributed by atoms with Crippen LogP contribution in [0.2, 0.25) is 0 Å². The molecule has 4 heteroatoms. The second-order valence-electron chi connectivity index (χ2n) is 3.26. The summed E-state index contributed by atoms with van der Waals surface area (Å²) >= 11 is 0. The average molecular weight is 183 g/mol. The summed E-state index contributed by atoms with van der Waals surface area (Å²) in [6.45, 7) is 4.69. The molecule has 0 fully saturated rings. The smallest absolute Gasteiger partial charge is 0.257 e. The molecule has 0 aromatic heterocycles. The van der Waals surface area contributed by atoms with E-state index >= 15 is 0 Å². The summed E-state index contributed by atoms with van der Waals surface area (Å²) < 4.78 is 0. The molecule has 1 N–H and O–H groups in total. The number of amides is 2. The summed E-state index contributed by atoms with van der Waals surface area (Å²) in [6, 6.07) is -0.438. The molecule has 13 heavy (non-hydrogen) atoms. The van der Waals surface area contributed by atoms with Crippen molar-refractivity contribution in [2.75, 3.05) is 6.61 Å². The lowest BCUT2D eigenvalue weighted by atomic mass is 10.2. The van der Waals surface area contributed by atoms with Gasteiger partial charge in [0.25, 0.3) is 11.8 Å². The molecule has 1 rings (SSSR count). The molecule has 1 heterocycles. The van der Waals surface area contributed by atoms with Gasteiger partial charge in [-0.25, -0.2) is 0 Å². The molecule has 0 radical (unpaired) electrons. The van der Waals surface area contributed by atoms with Crippen molar-refractivity contribution < 1.29 is 14.7 Å². The average Bonchev–Trinajstić information content (AvgIpc) is 2.30. The van der Waals surface area contributed by atoms with Crippen LogP contribution in [0.3, 0.4) is 0 Å². The van der Waals surface area contributed by atoms with Crippen LogP contribution >= 0.6 is 0 Å². The first kappa shape index (κ1) is 9.92. The molecule has 0 aromatic rings. The molecule has 1 aliphatic heterocycles. The number of aliphatic hydroxyl groups excluding tert-OH is 1. The second kappa shape index (κ2) is 3.30. The van der Waals surface area contributed by atoms with Gasteiger partial charge in [0.15, 0.2) is 0 Å². The van der Waals surface area contributed by atoms with Gasteiger partial charge in [-0.1, -0.05) is 0 Å². The maximum atomic E-state index is 11.5. The third-order valence-electron chi connectivity index (χ3n) is 2.35. The summed E-state index contributed by atoms with van der Waals surface area (Å²) in [4.78, 5) is 24.0. The van der Waals surface area contributed by atoms with Crippen LogP contribution in [0.1, 0.15) is 20.8 Å². The van der Waals surface area contributed by atoms with Gasteiger partial charge in [-0.2, -0.15) is 0 Å². The third kappa shape index (κ3) is 1.37. The van der Waals surface area contributed by atoms with E-state index in [1.54, 1.807) is 20.8 Å². The van der Waals surface area contributed by atoms with Crippen LogP contribution in [0.4, 0.5) is 0 Å². The topological polar surface area (TPSA) is 57.6 Å². The van der Waals surface area contributed by atoms with Gasteiger partial charge in [0.1, 0.15) is 0 Å². The first-order chi connectivity index (χ1) is 6.00. The molecule has 1 atom stereocenters. The second-order valence-corrected chi connectivity index (χ2v) is 3.26. The Morgan fingerprint density at radius 3 is 1.92 bits per heavy atom. The Balaban J connectivity index is 2.97. The van der Waals surface area contributed by atoms with E-state index in [2.05, 4.69) is 0 Å². The fraction of sp³-hybridized carbons (Fsp3) is 0.556. The Bertz CT molecular complexity index is 269. The molecule has 72 valence electrons. The van der Waals surface area contributed by atoms with Crippen molar-refractivity contribution >= 4 is 11.8 Å². The Hall–Kier alpha value is -1.16. The standard InChI is InChI=1S/C9H13NO3/c1-5(4-11)10-8(12)6(2)7(3)9(10)13/h5,11H,4H2,1-3H3.